The van der Waals surface area contributed by atoms with Crippen LogP contribution in [0.25, 0.3) is 6.08 Å². The standard InChI is InChI=1S/C24H26N4O3/c1-27(2)11-10-25-23(29)18-5-3-4-17(14-18)6-9-22-21-15-20(8-7-19(21)16-26-22)28-12-13-31-24(28)30/h3-9,14-15H,10-13,16H2,1-2H3,(H,25,29)/b9-6+. The lowest BCUT2D eigenvalue weighted by atomic mass is 10.0. The van der Waals surface area contributed by atoms with Crippen molar-refractivity contribution in [1.82, 2.24) is 10.2 Å². The van der Waals surface area contributed by atoms with Gasteiger partial charge in [0.2, 0.25) is 0 Å². The molecule has 0 bridgehead atoms. The lowest BCUT2D eigenvalue weighted by Gasteiger charge is -2.14. The number of aliphatic imine (C=N–C) groups is 1. The molecule has 1 saturated heterocycles. The summed E-state index contributed by atoms with van der Waals surface area (Å²) < 4.78 is 5.05. The fraction of sp³-hybridized carbons (Fsp3) is 0.292. The van der Waals surface area contributed by atoms with Crippen molar-refractivity contribution in [2.45, 2.75) is 6.54 Å². The summed E-state index contributed by atoms with van der Waals surface area (Å²) in [7, 11) is 3.95. The highest BCUT2D eigenvalue weighted by atomic mass is 16.6. The normalized spacial score (nSPS) is 15.4. The van der Waals surface area contributed by atoms with Crippen molar-refractivity contribution in [3.05, 3.63) is 70.8 Å². The molecule has 160 valence electrons. The van der Waals surface area contributed by atoms with Crippen LogP contribution in [0.5, 0.6) is 0 Å². The maximum absolute atomic E-state index is 12.4. The molecule has 7 heteroatoms. The molecule has 31 heavy (non-hydrogen) atoms. The van der Waals surface area contributed by atoms with E-state index in [1.54, 1.807) is 4.90 Å². The Bertz CT molecular complexity index is 1060. The number of likely N-dealkylation sites (N-methyl/N-ethyl adjacent to an activating group) is 1. The van der Waals surface area contributed by atoms with E-state index in [1.807, 2.05) is 73.6 Å². The average molecular weight is 418 g/mol. The molecule has 2 heterocycles. The van der Waals surface area contributed by atoms with Crippen molar-refractivity contribution in [3.8, 4) is 0 Å². The van der Waals surface area contributed by atoms with Gasteiger partial charge in [0.05, 0.1) is 18.8 Å². The second-order valence-electron chi connectivity index (χ2n) is 7.83. The third-order valence-electron chi connectivity index (χ3n) is 5.29. The molecule has 2 aromatic carbocycles. The van der Waals surface area contributed by atoms with E-state index >= 15 is 0 Å². The van der Waals surface area contributed by atoms with Crippen LogP contribution in [0.3, 0.4) is 0 Å². The molecule has 0 aliphatic carbocycles. The van der Waals surface area contributed by atoms with Gasteiger partial charge < -0.3 is 15.0 Å². The summed E-state index contributed by atoms with van der Waals surface area (Å²) in [5.74, 6) is -0.0807. The summed E-state index contributed by atoms with van der Waals surface area (Å²) in [6.45, 7) is 2.99. The Morgan fingerprint density at radius 1 is 1.23 bits per heavy atom. The van der Waals surface area contributed by atoms with Crippen molar-refractivity contribution < 1.29 is 14.3 Å². The van der Waals surface area contributed by atoms with Gasteiger partial charge >= 0.3 is 6.09 Å². The smallest absolute Gasteiger partial charge is 0.414 e. The lowest BCUT2D eigenvalue weighted by Crippen LogP contribution is -2.31. The van der Waals surface area contributed by atoms with Gasteiger partial charge in [0.1, 0.15) is 6.61 Å². The van der Waals surface area contributed by atoms with Crippen LogP contribution in [-0.4, -0.2) is 62.9 Å². The van der Waals surface area contributed by atoms with E-state index < -0.39 is 0 Å². The average Bonchev–Trinajstić information content (AvgIpc) is 3.37. The predicted molar refractivity (Wildman–Crippen MR) is 122 cm³/mol. The number of nitrogens with one attached hydrogen (secondary N) is 1. The van der Waals surface area contributed by atoms with E-state index in [0.29, 0.717) is 31.8 Å². The van der Waals surface area contributed by atoms with Crippen molar-refractivity contribution in [1.29, 1.82) is 0 Å². The molecule has 0 radical (unpaired) electrons. The molecule has 2 amide bonds. The largest absolute Gasteiger partial charge is 0.447 e. The van der Waals surface area contributed by atoms with Gasteiger partial charge in [-0.1, -0.05) is 24.3 Å². The van der Waals surface area contributed by atoms with Crippen molar-refractivity contribution in [2.75, 3.05) is 45.2 Å². The van der Waals surface area contributed by atoms with Crippen molar-refractivity contribution in [2.24, 2.45) is 4.99 Å². The summed E-state index contributed by atoms with van der Waals surface area (Å²) in [4.78, 5) is 32.5. The molecule has 4 rings (SSSR count). The molecule has 2 aliphatic rings. The molecule has 0 unspecified atom stereocenters. The molecule has 0 spiro atoms. The number of carbonyl (C=O) groups excluding carboxylic acids is 2. The van der Waals surface area contributed by atoms with Gasteiger partial charge in [0.25, 0.3) is 5.91 Å². The number of fused-ring (bicyclic) bond motifs is 1. The van der Waals surface area contributed by atoms with E-state index in [1.165, 1.54) is 0 Å². The Morgan fingerprint density at radius 2 is 2.10 bits per heavy atom. The van der Waals surface area contributed by atoms with Crippen molar-refractivity contribution in [3.63, 3.8) is 0 Å². The zero-order valence-corrected chi connectivity index (χ0v) is 17.8. The second-order valence-corrected chi connectivity index (χ2v) is 7.83. The topological polar surface area (TPSA) is 74.2 Å². The first-order valence-corrected chi connectivity index (χ1v) is 10.3. The van der Waals surface area contributed by atoms with Crippen molar-refractivity contribution >= 4 is 29.5 Å². The van der Waals surface area contributed by atoms with Crippen LogP contribution in [0.2, 0.25) is 0 Å². The minimum absolute atomic E-state index is 0.0807. The maximum atomic E-state index is 12.4. The molecular formula is C24H26N4O3. The van der Waals surface area contributed by atoms with E-state index in [-0.39, 0.29) is 12.0 Å². The molecule has 2 aromatic rings. The number of anilines is 1. The first kappa shape index (κ1) is 20.8. The molecular weight excluding hydrogens is 392 g/mol. The van der Waals surface area contributed by atoms with Crippen LogP contribution in [0.4, 0.5) is 10.5 Å². The number of cyclic esters (lactones) is 1. The molecule has 2 aliphatic heterocycles. The summed E-state index contributed by atoms with van der Waals surface area (Å²) in [5.41, 5.74) is 5.39. The van der Waals surface area contributed by atoms with Crippen LogP contribution in [0.15, 0.2) is 53.5 Å². The predicted octanol–water partition coefficient (Wildman–Crippen LogP) is 2.95. The number of amides is 2. The van der Waals surface area contributed by atoms with Gasteiger partial charge in [-0.05, 0) is 55.6 Å². The minimum Gasteiger partial charge on any atom is -0.447 e. The highest BCUT2D eigenvalue weighted by molar-refractivity contribution is 6.14. The summed E-state index contributed by atoms with van der Waals surface area (Å²) in [6, 6.07) is 13.5. The number of nitrogens with zero attached hydrogens (tertiary/aromatic N) is 3. The van der Waals surface area contributed by atoms with E-state index in [2.05, 4.69) is 10.3 Å². The molecule has 0 aromatic heterocycles. The number of hydrogen-bond acceptors (Lipinski definition) is 5. The third-order valence-corrected chi connectivity index (χ3v) is 5.29. The fourth-order valence-corrected chi connectivity index (χ4v) is 3.59. The molecule has 7 nitrogen and oxygen atoms in total. The Hall–Kier alpha value is -3.45. The van der Waals surface area contributed by atoms with Crippen LogP contribution in [0.1, 0.15) is 27.0 Å². The summed E-state index contributed by atoms with van der Waals surface area (Å²) >= 11 is 0. The van der Waals surface area contributed by atoms with E-state index in [0.717, 1.165) is 34.6 Å². The Morgan fingerprint density at radius 3 is 2.87 bits per heavy atom. The lowest BCUT2D eigenvalue weighted by molar-refractivity contribution is 0.0951. The van der Waals surface area contributed by atoms with E-state index in [9.17, 15) is 9.59 Å². The molecule has 1 fully saturated rings. The Balaban J connectivity index is 1.47. The number of allylic oxidation sites excluding steroid dienone is 1. The van der Waals surface area contributed by atoms with Crippen LogP contribution >= 0.6 is 0 Å². The minimum atomic E-state index is -0.312. The first-order valence-electron chi connectivity index (χ1n) is 10.3. The molecule has 0 atom stereocenters. The number of carbonyl (C=O) groups is 2. The van der Waals surface area contributed by atoms with Gasteiger partial charge in [-0.15, -0.1) is 0 Å². The zero-order chi connectivity index (χ0) is 21.8. The SMILES string of the molecule is CN(C)CCNC(=O)c1cccc(/C=C/C2=NCc3ccc(N4CCOC4=O)cc32)c1. The first-order chi connectivity index (χ1) is 15.0. The van der Waals surface area contributed by atoms with E-state index in [4.69, 9.17) is 4.74 Å². The van der Waals surface area contributed by atoms with Crippen LogP contribution < -0.4 is 10.2 Å². The quantitative estimate of drug-likeness (QED) is 0.750. The van der Waals surface area contributed by atoms with Crippen LogP contribution in [-0.2, 0) is 11.3 Å². The fourth-order valence-electron chi connectivity index (χ4n) is 3.59. The van der Waals surface area contributed by atoms with Gasteiger partial charge in [0.15, 0.2) is 0 Å². The highest BCUT2D eigenvalue weighted by Crippen LogP contribution is 2.27. The van der Waals surface area contributed by atoms with Gasteiger partial charge in [-0.2, -0.15) is 0 Å². The zero-order valence-electron chi connectivity index (χ0n) is 17.8. The molecule has 1 N–H and O–H groups in total. The summed E-state index contributed by atoms with van der Waals surface area (Å²) in [6.07, 6.45) is 3.61. The third kappa shape index (κ3) is 4.83. The van der Waals surface area contributed by atoms with Gasteiger partial charge in [-0.25, -0.2) is 4.79 Å². The van der Waals surface area contributed by atoms with Gasteiger partial charge in [-0.3, -0.25) is 14.7 Å². The van der Waals surface area contributed by atoms with Crippen LogP contribution in [0, 0.1) is 0 Å². The monoisotopic (exact) mass is 418 g/mol. The highest BCUT2D eigenvalue weighted by Gasteiger charge is 2.25. The second kappa shape index (κ2) is 9.14. The summed E-state index contributed by atoms with van der Waals surface area (Å²) in [5, 5.41) is 2.93. The number of benzene rings is 2. The number of rotatable bonds is 7. The Kier molecular flexibility index (Phi) is 6.13. The maximum Gasteiger partial charge on any atom is 0.414 e. The molecule has 0 saturated carbocycles. The Labute approximate surface area is 182 Å². The number of ether oxygens (including phenoxy) is 1. The number of hydrogen-bond donors (Lipinski definition) is 1. The van der Waals surface area contributed by atoms with Gasteiger partial charge in [0, 0.05) is 29.9 Å².